The minimum atomic E-state index is -0.911. The first kappa shape index (κ1) is 20.1. The summed E-state index contributed by atoms with van der Waals surface area (Å²) in [6, 6.07) is 10.9. The van der Waals surface area contributed by atoms with E-state index in [9.17, 15) is 23.5 Å². The fourth-order valence-electron chi connectivity index (χ4n) is 4.35. The highest BCUT2D eigenvalue weighted by molar-refractivity contribution is 5.89. The van der Waals surface area contributed by atoms with Crippen LogP contribution in [0.15, 0.2) is 42.5 Å². The summed E-state index contributed by atoms with van der Waals surface area (Å²) in [7, 11) is 0. The van der Waals surface area contributed by atoms with Gasteiger partial charge in [0.1, 0.15) is 18.2 Å². The lowest BCUT2D eigenvalue weighted by Crippen LogP contribution is -2.42. The number of amides is 1. The number of aliphatic carboxylic acids is 1. The lowest BCUT2D eigenvalue weighted by Gasteiger charge is -2.33. The van der Waals surface area contributed by atoms with Crippen LogP contribution in [0.25, 0.3) is 10.9 Å². The average Bonchev–Trinajstić information content (AvgIpc) is 2.99. The number of halogens is 2. The Morgan fingerprint density at radius 3 is 2.70 bits per heavy atom. The molecule has 0 saturated heterocycles. The Morgan fingerprint density at radius 1 is 1.20 bits per heavy atom. The molecule has 3 aromatic rings. The Bertz CT molecular complexity index is 1150. The van der Waals surface area contributed by atoms with Gasteiger partial charge in [0, 0.05) is 34.8 Å². The van der Waals surface area contributed by atoms with Crippen molar-refractivity contribution in [2.24, 2.45) is 5.41 Å². The zero-order valence-electron chi connectivity index (χ0n) is 16.5. The number of hydrogen-bond acceptors (Lipinski definition) is 2. The molecule has 0 aliphatic heterocycles. The van der Waals surface area contributed by atoms with Gasteiger partial charge >= 0.3 is 5.97 Å². The third kappa shape index (κ3) is 3.56. The highest BCUT2D eigenvalue weighted by atomic mass is 19.1. The molecule has 0 bridgehead atoms. The summed E-state index contributed by atoms with van der Waals surface area (Å²) < 4.78 is 28.8. The predicted octanol–water partition coefficient (Wildman–Crippen LogP) is 3.82. The van der Waals surface area contributed by atoms with Gasteiger partial charge in [-0.3, -0.25) is 9.59 Å². The Morgan fingerprint density at radius 2 is 1.97 bits per heavy atom. The van der Waals surface area contributed by atoms with E-state index in [-0.39, 0.29) is 24.6 Å². The molecular weight excluding hydrogens is 390 g/mol. The van der Waals surface area contributed by atoms with E-state index in [2.05, 4.69) is 5.32 Å². The zero-order valence-corrected chi connectivity index (χ0v) is 16.5. The van der Waals surface area contributed by atoms with Crippen LogP contribution in [-0.2, 0) is 35.5 Å². The highest BCUT2D eigenvalue weighted by Crippen LogP contribution is 2.40. The van der Waals surface area contributed by atoms with Crippen LogP contribution in [-0.4, -0.2) is 21.6 Å². The molecule has 1 heterocycles. The summed E-state index contributed by atoms with van der Waals surface area (Å²) in [6.45, 7) is 1.73. The van der Waals surface area contributed by atoms with Crippen LogP contribution in [0.2, 0.25) is 0 Å². The Kier molecular flexibility index (Phi) is 5.05. The number of carboxylic acids is 1. The molecule has 0 fully saturated rings. The average molecular weight is 412 g/mol. The van der Waals surface area contributed by atoms with Crippen LogP contribution in [0.4, 0.5) is 8.78 Å². The molecule has 30 heavy (non-hydrogen) atoms. The van der Waals surface area contributed by atoms with Gasteiger partial charge in [-0.2, -0.15) is 0 Å². The largest absolute Gasteiger partial charge is 0.480 e. The molecule has 1 atom stereocenters. The standard InChI is InChI=1S/C23H22F2N2O3/c1-23(22(30)26-12-14-6-7-15(24)10-18(14)25)9-8-20-17(11-23)16-4-2-3-5-19(16)27(20)13-21(28)29/h2-7,10H,8-9,11-13H2,1H3,(H,26,30)(H,28,29). The van der Waals surface area contributed by atoms with E-state index in [0.29, 0.717) is 19.3 Å². The summed E-state index contributed by atoms with van der Waals surface area (Å²) in [5.74, 6) is -2.46. The molecule has 2 aromatic carbocycles. The zero-order chi connectivity index (χ0) is 21.5. The van der Waals surface area contributed by atoms with E-state index < -0.39 is 23.0 Å². The van der Waals surface area contributed by atoms with E-state index in [1.54, 1.807) is 0 Å². The molecule has 2 N–H and O–H groups in total. The topological polar surface area (TPSA) is 71.3 Å². The molecular formula is C23H22F2N2O3. The van der Waals surface area contributed by atoms with Crippen LogP contribution < -0.4 is 5.32 Å². The van der Waals surface area contributed by atoms with Gasteiger partial charge in [-0.25, -0.2) is 8.78 Å². The maximum atomic E-state index is 13.9. The molecule has 1 amide bonds. The summed E-state index contributed by atoms with van der Waals surface area (Å²) in [4.78, 5) is 24.4. The first-order chi connectivity index (χ1) is 14.3. The van der Waals surface area contributed by atoms with Crippen LogP contribution in [0.3, 0.4) is 0 Å². The first-order valence-corrected chi connectivity index (χ1v) is 9.81. The molecule has 1 unspecified atom stereocenters. The molecule has 1 aliphatic rings. The molecule has 1 aliphatic carbocycles. The number of nitrogens with one attached hydrogen (secondary N) is 1. The third-order valence-corrected chi connectivity index (χ3v) is 5.97. The highest BCUT2D eigenvalue weighted by Gasteiger charge is 2.39. The van der Waals surface area contributed by atoms with Crippen molar-refractivity contribution >= 4 is 22.8 Å². The van der Waals surface area contributed by atoms with Gasteiger partial charge in [-0.05, 0) is 37.0 Å². The lowest BCUT2D eigenvalue weighted by molar-refractivity contribution is -0.137. The minimum absolute atomic E-state index is 0.0197. The molecule has 0 radical (unpaired) electrons. The van der Waals surface area contributed by atoms with Crippen molar-refractivity contribution in [1.29, 1.82) is 0 Å². The fraction of sp³-hybridized carbons (Fsp3) is 0.304. The smallest absolute Gasteiger partial charge is 0.323 e. The number of nitrogens with zero attached hydrogens (tertiary/aromatic N) is 1. The van der Waals surface area contributed by atoms with Gasteiger partial charge in [0.05, 0.1) is 5.41 Å². The van der Waals surface area contributed by atoms with Crippen molar-refractivity contribution in [3.63, 3.8) is 0 Å². The number of para-hydroxylation sites is 1. The lowest BCUT2D eigenvalue weighted by atomic mass is 9.73. The Balaban J connectivity index is 1.59. The maximum absolute atomic E-state index is 13.9. The van der Waals surface area contributed by atoms with Crippen LogP contribution in [0.1, 0.15) is 30.2 Å². The van der Waals surface area contributed by atoms with Crippen molar-refractivity contribution in [1.82, 2.24) is 9.88 Å². The monoisotopic (exact) mass is 412 g/mol. The van der Waals surface area contributed by atoms with Gasteiger partial charge < -0.3 is 15.0 Å². The van der Waals surface area contributed by atoms with Gasteiger partial charge in [0.15, 0.2) is 0 Å². The predicted molar refractivity (Wildman–Crippen MR) is 108 cm³/mol. The number of fused-ring (bicyclic) bond motifs is 3. The quantitative estimate of drug-likeness (QED) is 0.669. The molecule has 156 valence electrons. The van der Waals surface area contributed by atoms with Gasteiger partial charge in [0.2, 0.25) is 5.91 Å². The van der Waals surface area contributed by atoms with Gasteiger partial charge in [0.25, 0.3) is 0 Å². The number of carboxylic acid groups (broad SMARTS) is 1. The van der Waals surface area contributed by atoms with Gasteiger partial charge in [-0.15, -0.1) is 0 Å². The van der Waals surface area contributed by atoms with Crippen molar-refractivity contribution in [3.8, 4) is 0 Å². The van der Waals surface area contributed by atoms with Crippen LogP contribution >= 0.6 is 0 Å². The number of benzene rings is 2. The normalized spacial score (nSPS) is 18.2. The molecule has 5 nitrogen and oxygen atoms in total. The SMILES string of the molecule is CC1(C(=O)NCc2ccc(F)cc2F)CCc2c(c3ccccc3n2CC(=O)O)C1. The summed E-state index contributed by atoms with van der Waals surface area (Å²) in [6.07, 6.45) is 1.59. The Hall–Kier alpha value is -3.22. The number of carbonyl (C=O) groups is 2. The molecule has 7 heteroatoms. The number of rotatable bonds is 5. The van der Waals surface area contributed by atoms with E-state index >= 15 is 0 Å². The van der Waals surface area contributed by atoms with E-state index in [4.69, 9.17) is 0 Å². The second-order valence-corrected chi connectivity index (χ2v) is 8.08. The summed E-state index contributed by atoms with van der Waals surface area (Å²) >= 11 is 0. The summed E-state index contributed by atoms with van der Waals surface area (Å²) in [5, 5.41) is 13.1. The number of carbonyl (C=O) groups excluding carboxylic acids is 1. The first-order valence-electron chi connectivity index (χ1n) is 9.81. The van der Waals surface area contributed by atoms with Crippen LogP contribution in [0, 0.1) is 17.0 Å². The second-order valence-electron chi connectivity index (χ2n) is 8.08. The third-order valence-electron chi connectivity index (χ3n) is 5.97. The van der Waals surface area contributed by atoms with Crippen molar-refractivity contribution in [2.75, 3.05) is 0 Å². The maximum Gasteiger partial charge on any atom is 0.323 e. The second kappa shape index (κ2) is 7.55. The van der Waals surface area contributed by atoms with Crippen molar-refractivity contribution in [2.45, 2.75) is 39.3 Å². The summed E-state index contributed by atoms with van der Waals surface area (Å²) in [5.41, 5.74) is 2.31. The van der Waals surface area contributed by atoms with Gasteiger partial charge in [-0.1, -0.05) is 31.2 Å². The minimum Gasteiger partial charge on any atom is -0.480 e. The number of aromatic nitrogens is 1. The van der Waals surface area contributed by atoms with Crippen molar-refractivity contribution in [3.05, 3.63) is 70.9 Å². The molecule has 1 aromatic heterocycles. The van der Waals surface area contributed by atoms with Crippen molar-refractivity contribution < 1.29 is 23.5 Å². The van der Waals surface area contributed by atoms with E-state index in [1.807, 2.05) is 35.8 Å². The molecule has 0 saturated carbocycles. The Labute approximate surface area is 172 Å². The number of hydrogen-bond donors (Lipinski definition) is 2. The van der Waals surface area contributed by atoms with Crippen LogP contribution in [0.5, 0.6) is 0 Å². The molecule has 4 rings (SSSR count). The molecule has 0 spiro atoms. The fourth-order valence-corrected chi connectivity index (χ4v) is 4.35. The van der Waals surface area contributed by atoms with E-state index in [1.165, 1.54) is 6.07 Å². The van der Waals surface area contributed by atoms with E-state index in [0.717, 1.165) is 34.3 Å².